The molecule has 0 saturated heterocycles. The first-order chi connectivity index (χ1) is 4.41. The molecule has 0 aromatic rings. The third-order valence-corrected chi connectivity index (χ3v) is 0.773. The van der Waals surface area contributed by atoms with Crippen molar-refractivity contribution in [2.45, 2.75) is 0 Å². The summed E-state index contributed by atoms with van der Waals surface area (Å²) in [6.07, 6.45) is 0. The molecule has 0 aliphatic carbocycles. The fourth-order valence-electron chi connectivity index (χ4n) is 0.382. The first kappa shape index (κ1) is 9.39. The van der Waals surface area contributed by atoms with Crippen molar-refractivity contribution in [1.82, 2.24) is 0 Å². The summed E-state index contributed by atoms with van der Waals surface area (Å²) < 4.78 is 0. The Morgan fingerprint density at radius 3 is 2.00 bits per heavy atom. The molecule has 0 aliphatic rings. The Morgan fingerprint density at radius 1 is 0.889 bits per heavy atom. The van der Waals surface area contributed by atoms with E-state index < -0.39 is 0 Å². The Hall–Kier alpha value is 0.389. The van der Waals surface area contributed by atoms with Crippen molar-refractivity contribution in [3.05, 3.63) is 0 Å². The van der Waals surface area contributed by atoms with Gasteiger partial charge in [0.25, 0.3) is 0 Å². The fraction of sp³-hybridized carbons (Fsp3) is 0. The molecule has 32 valence electrons. The molecule has 0 N–H and O–H groups in total. The summed E-state index contributed by atoms with van der Waals surface area (Å²) in [5, 5.41) is 0. The number of rotatable bonds is 3. The Kier molecular flexibility index (Phi) is 8.75. The molecule has 0 heterocycles. The SMILES string of the molecule is BB=BB=BB=BB=C. The molecule has 0 nitrogen and oxygen atoms in total. The van der Waals surface area contributed by atoms with Crippen LogP contribution in [0.5, 0.6) is 0 Å². The normalized spacial score (nSPS) is 6.22. The summed E-state index contributed by atoms with van der Waals surface area (Å²) in [5.74, 6) is 0. The zero-order valence-electron chi connectivity index (χ0n) is 5.75. The van der Waals surface area contributed by atoms with E-state index in [0.29, 0.717) is 0 Å². The molecule has 0 atom stereocenters. The predicted octanol–water partition coefficient (Wildman–Crippen LogP) is -3.61. The van der Waals surface area contributed by atoms with Gasteiger partial charge in [-0.3, -0.25) is 0 Å². The molecule has 0 rings (SSSR count). The number of hydrogen-bond donors (Lipinski definition) is 0. The van der Waals surface area contributed by atoms with Crippen molar-refractivity contribution in [3.8, 4) is 0 Å². The molecule has 0 bridgehead atoms. The van der Waals surface area contributed by atoms with Gasteiger partial charge in [0.15, 0.2) is 0 Å². The van der Waals surface area contributed by atoms with E-state index in [2.05, 4.69) is 6.47 Å². The summed E-state index contributed by atoms with van der Waals surface area (Å²) in [5.41, 5.74) is 0. The fourth-order valence-corrected chi connectivity index (χ4v) is 0.382. The zero-order chi connectivity index (χ0) is 6.95. The van der Waals surface area contributed by atoms with E-state index in [9.17, 15) is 0 Å². The monoisotopic (exact) mass is 104 g/mol. The third-order valence-electron chi connectivity index (χ3n) is 0.773. The Bertz CT molecular complexity index is 141. The molecule has 0 radical (unpaired) electrons. The van der Waals surface area contributed by atoms with Gasteiger partial charge in [0.1, 0.15) is 0 Å². The van der Waals surface area contributed by atoms with Crippen LogP contribution in [-0.4, -0.2) is 61.2 Å². The molecule has 0 unspecified atom stereocenters. The molecule has 0 aromatic carbocycles. The molecule has 9 heavy (non-hydrogen) atoms. The van der Waals surface area contributed by atoms with E-state index >= 15 is 0 Å². The van der Waals surface area contributed by atoms with Crippen molar-refractivity contribution in [3.63, 3.8) is 0 Å². The maximum atomic E-state index is 3.54. The molecule has 8 heteroatoms. The van der Waals surface area contributed by atoms with Crippen LogP contribution in [-0.2, 0) is 0 Å². The average Bonchev–Trinajstić information content (AvgIpc) is 1.89. The molecule has 0 amide bonds. The van der Waals surface area contributed by atoms with Crippen molar-refractivity contribution < 1.29 is 0 Å². The number of hydrogen-bond acceptors (Lipinski definition) is 0. The standard InChI is InChI=1S/CH4B8/c1-3-5-7-9-8-6-4-2/h1-2H2. The molecule has 0 aromatic heterocycles. The van der Waals surface area contributed by atoms with Crippen LogP contribution in [0.4, 0.5) is 0 Å². The Balaban J connectivity index is 3.46. The van der Waals surface area contributed by atoms with Crippen LogP contribution in [0.3, 0.4) is 0 Å². The Labute approximate surface area is 61.8 Å². The summed E-state index contributed by atoms with van der Waals surface area (Å²) in [6.45, 7) is 17.0. The van der Waals surface area contributed by atoms with Crippen molar-refractivity contribution in [2.24, 2.45) is 0 Å². The second-order valence-electron chi connectivity index (χ2n) is 1.53. The summed E-state index contributed by atoms with van der Waals surface area (Å²) in [4.78, 5) is 0. The van der Waals surface area contributed by atoms with E-state index in [-0.39, 0.29) is 0 Å². The van der Waals surface area contributed by atoms with Crippen LogP contribution < -0.4 is 0 Å². The van der Waals surface area contributed by atoms with Crippen molar-refractivity contribution in [2.75, 3.05) is 0 Å². The molecule has 0 fully saturated rings. The van der Waals surface area contributed by atoms with Gasteiger partial charge >= 0.3 is 61.2 Å². The maximum absolute atomic E-state index is 3.54. The first-order valence-electron chi connectivity index (χ1n) is 2.99. The van der Waals surface area contributed by atoms with Crippen LogP contribution >= 0.6 is 0 Å². The van der Waals surface area contributed by atoms with Gasteiger partial charge in [-0.25, -0.2) is 0 Å². The van der Waals surface area contributed by atoms with Gasteiger partial charge in [-0.15, -0.1) is 0 Å². The van der Waals surface area contributed by atoms with Crippen LogP contribution in [0, 0.1) is 0 Å². The predicted molar refractivity (Wildman–Crippen MR) is 55.9 cm³/mol. The molecule has 0 spiro atoms. The first-order valence-corrected chi connectivity index (χ1v) is 2.99. The van der Waals surface area contributed by atoms with E-state index in [1.807, 2.05) is 47.9 Å². The summed E-state index contributed by atoms with van der Waals surface area (Å²) in [6, 6.07) is 0. The van der Waals surface area contributed by atoms with Crippen LogP contribution in [0.15, 0.2) is 0 Å². The van der Waals surface area contributed by atoms with Gasteiger partial charge in [0, 0.05) is 0 Å². The van der Waals surface area contributed by atoms with E-state index in [0.717, 1.165) is 0 Å². The van der Waals surface area contributed by atoms with Gasteiger partial charge in [0.05, 0.1) is 0 Å². The van der Waals surface area contributed by atoms with E-state index in [1.54, 1.807) is 6.81 Å². The van der Waals surface area contributed by atoms with E-state index in [4.69, 9.17) is 0 Å². The minimum atomic E-state index is 1.75. The van der Waals surface area contributed by atoms with Crippen LogP contribution in [0.2, 0.25) is 0 Å². The Morgan fingerprint density at radius 2 is 1.44 bits per heavy atom. The molecular formula is CH4B8. The van der Waals surface area contributed by atoms with Gasteiger partial charge in [-0.2, -0.15) is 0 Å². The van der Waals surface area contributed by atoms with E-state index in [1.165, 1.54) is 0 Å². The third kappa shape index (κ3) is 8.39. The summed E-state index contributed by atoms with van der Waals surface area (Å²) in [7, 11) is 1.99. The quantitative estimate of drug-likeness (QED) is 0.323. The second kappa shape index (κ2) is 8.39. The molecule has 0 aliphatic heterocycles. The van der Waals surface area contributed by atoms with Gasteiger partial charge in [-0.05, 0) is 0 Å². The van der Waals surface area contributed by atoms with Crippen LogP contribution in [0.25, 0.3) is 0 Å². The molecular weight excluding hydrogens is 98.5 g/mol. The van der Waals surface area contributed by atoms with Gasteiger partial charge in [0.2, 0.25) is 0 Å². The topological polar surface area (TPSA) is 0 Å². The van der Waals surface area contributed by atoms with Crippen molar-refractivity contribution in [1.29, 1.82) is 0 Å². The zero-order valence-corrected chi connectivity index (χ0v) is 5.75. The van der Waals surface area contributed by atoms with Gasteiger partial charge in [-0.1, -0.05) is 0 Å². The van der Waals surface area contributed by atoms with Crippen molar-refractivity contribution >= 4 is 61.2 Å². The van der Waals surface area contributed by atoms with Gasteiger partial charge < -0.3 is 0 Å². The van der Waals surface area contributed by atoms with Crippen LogP contribution in [0.1, 0.15) is 0 Å². The average molecular weight is 103 g/mol. The minimum absolute atomic E-state index is 1.75. The second-order valence-corrected chi connectivity index (χ2v) is 1.53. The summed E-state index contributed by atoms with van der Waals surface area (Å²) >= 11 is 0. The molecule has 0 saturated carbocycles.